The van der Waals surface area contributed by atoms with Crippen LogP contribution in [0.3, 0.4) is 0 Å². The van der Waals surface area contributed by atoms with Crippen molar-refractivity contribution >= 4 is 0 Å². The summed E-state index contributed by atoms with van der Waals surface area (Å²) in [4.78, 5) is 2.32. The molecule has 1 saturated heterocycles. The molecule has 1 aliphatic heterocycles. The van der Waals surface area contributed by atoms with Crippen LogP contribution in [-0.4, -0.2) is 64.6 Å². The molecule has 1 N–H and O–H groups in total. The second kappa shape index (κ2) is 6.23. The van der Waals surface area contributed by atoms with E-state index in [-0.39, 0.29) is 12.2 Å². The lowest BCUT2D eigenvalue weighted by atomic mass is 10.3. The summed E-state index contributed by atoms with van der Waals surface area (Å²) in [6.45, 7) is 7.66. The van der Waals surface area contributed by atoms with Gasteiger partial charge in [-0.2, -0.15) is 0 Å². The summed E-state index contributed by atoms with van der Waals surface area (Å²) in [7, 11) is 5.41. The number of rotatable bonds is 6. The highest BCUT2D eigenvalue weighted by atomic mass is 16.5. The molecule has 2 unspecified atom stereocenters. The van der Waals surface area contributed by atoms with Crippen molar-refractivity contribution in [1.82, 2.24) is 10.2 Å². The number of likely N-dealkylation sites (tertiary alicyclic amines) is 1. The van der Waals surface area contributed by atoms with Crippen LogP contribution in [0.2, 0.25) is 0 Å². The van der Waals surface area contributed by atoms with Gasteiger partial charge in [-0.25, -0.2) is 0 Å². The van der Waals surface area contributed by atoms with Gasteiger partial charge in [-0.3, -0.25) is 4.90 Å². The third kappa shape index (κ3) is 3.57. The minimum absolute atomic E-state index is 0.192. The predicted molar refractivity (Wildman–Crippen MR) is 61.1 cm³/mol. The monoisotopic (exact) mass is 214 g/mol. The minimum Gasteiger partial charge on any atom is -0.377 e. The van der Waals surface area contributed by atoms with Crippen LogP contribution in [0.15, 0.2) is 12.2 Å². The summed E-state index contributed by atoms with van der Waals surface area (Å²) in [6.07, 6.45) is 0.384. The van der Waals surface area contributed by atoms with Crippen molar-refractivity contribution in [1.29, 1.82) is 0 Å². The van der Waals surface area contributed by atoms with Crippen LogP contribution in [0.4, 0.5) is 0 Å². The number of nitrogens with one attached hydrogen (secondary N) is 1. The van der Waals surface area contributed by atoms with Crippen LogP contribution in [0.25, 0.3) is 0 Å². The van der Waals surface area contributed by atoms with Gasteiger partial charge in [0.25, 0.3) is 0 Å². The standard InChI is InChI=1S/C11H22N2O2/c1-9(5-12-2)6-13-7-10(14-3)11(8-13)15-4/h10-12H,1,5-8H2,2-4H3. The number of nitrogens with zero attached hydrogens (tertiary/aromatic N) is 1. The molecule has 1 rings (SSSR count). The quantitative estimate of drug-likeness (QED) is 0.636. The van der Waals surface area contributed by atoms with Gasteiger partial charge in [0.15, 0.2) is 0 Å². The van der Waals surface area contributed by atoms with E-state index in [1.165, 1.54) is 5.57 Å². The lowest BCUT2D eigenvalue weighted by molar-refractivity contribution is -0.00461. The van der Waals surface area contributed by atoms with Gasteiger partial charge in [0.05, 0.1) is 12.2 Å². The molecule has 0 saturated carbocycles. The van der Waals surface area contributed by atoms with Gasteiger partial charge >= 0.3 is 0 Å². The Bertz CT molecular complexity index is 197. The topological polar surface area (TPSA) is 33.7 Å². The summed E-state index contributed by atoms with van der Waals surface area (Å²) >= 11 is 0. The zero-order valence-electron chi connectivity index (χ0n) is 9.95. The first-order chi connectivity index (χ1) is 7.21. The number of methoxy groups -OCH3 is 2. The summed E-state index contributed by atoms with van der Waals surface area (Å²) in [5.41, 5.74) is 1.20. The Labute approximate surface area is 92.2 Å². The van der Waals surface area contributed by atoms with Crippen LogP contribution >= 0.6 is 0 Å². The highest BCUT2D eigenvalue weighted by Crippen LogP contribution is 2.16. The smallest absolute Gasteiger partial charge is 0.0971 e. The van der Waals surface area contributed by atoms with E-state index in [4.69, 9.17) is 9.47 Å². The Balaban J connectivity index is 2.36. The second-order valence-corrected chi connectivity index (χ2v) is 4.02. The fourth-order valence-corrected chi connectivity index (χ4v) is 2.02. The van der Waals surface area contributed by atoms with Crippen molar-refractivity contribution in [3.05, 3.63) is 12.2 Å². The first-order valence-electron chi connectivity index (χ1n) is 5.30. The number of likely N-dealkylation sites (N-methyl/N-ethyl adjacent to an activating group) is 1. The zero-order chi connectivity index (χ0) is 11.3. The molecule has 0 aromatic rings. The molecule has 0 spiro atoms. The van der Waals surface area contributed by atoms with Crippen LogP contribution < -0.4 is 5.32 Å². The van der Waals surface area contributed by atoms with Crippen molar-refractivity contribution in [3.8, 4) is 0 Å². The number of hydrogen-bond donors (Lipinski definition) is 1. The number of hydrogen-bond acceptors (Lipinski definition) is 4. The normalized spacial score (nSPS) is 27.1. The highest BCUT2D eigenvalue weighted by Gasteiger charge is 2.32. The van der Waals surface area contributed by atoms with Gasteiger partial charge in [-0.05, 0) is 12.6 Å². The van der Waals surface area contributed by atoms with Gasteiger partial charge in [0, 0.05) is 40.4 Å². The van der Waals surface area contributed by atoms with Crippen molar-refractivity contribution in [2.24, 2.45) is 0 Å². The van der Waals surface area contributed by atoms with E-state index in [0.29, 0.717) is 0 Å². The molecule has 0 bridgehead atoms. The van der Waals surface area contributed by atoms with Crippen molar-refractivity contribution in [2.75, 3.05) is 47.4 Å². The maximum absolute atomic E-state index is 5.37. The van der Waals surface area contributed by atoms with E-state index >= 15 is 0 Å². The van der Waals surface area contributed by atoms with Gasteiger partial charge in [0.1, 0.15) is 0 Å². The van der Waals surface area contributed by atoms with E-state index < -0.39 is 0 Å². The van der Waals surface area contributed by atoms with Crippen LogP contribution in [0.5, 0.6) is 0 Å². The lowest BCUT2D eigenvalue weighted by Crippen LogP contribution is -2.27. The van der Waals surface area contributed by atoms with Gasteiger partial charge in [0.2, 0.25) is 0 Å². The fraction of sp³-hybridized carbons (Fsp3) is 0.818. The first-order valence-corrected chi connectivity index (χ1v) is 5.30. The predicted octanol–water partition coefficient (Wildman–Crippen LogP) is 0.108. The van der Waals surface area contributed by atoms with Gasteiger partial charge in [-0.1, -0.05) is 6.58 Å². The van der Waals surface area contributed by atoms with Crippen molar-refractivity contribution in [2.45, 2.75) is 12.2 Å². The van der Waals surface area contributed by atoms with E-state index in [1.54, 1.807) is 14.2 Å². The summed E-state index contributed by atoms with van der Waals surface area (Å²) in [6, 6.07) is 0. The van der Waals surface area contributed by atoms with Crippen LogP contribution in [0.1, 0.15) is 0 Å². The molecule has 0 aromatic carbocycles. The molecular weight excluding hydrogens is 192 g/mol. The third-order valence-electron chi connectivity index (χ3n) is 2.77. The average Bonchev–Trinajstić information content (AvgIpc) is 2.60. The van der Waals surface area contributed by atoms with Gasteiger partial charge < -0.3 is 14.8 Å². The molecule has 2 atom stereocenters. The number of ether oxygens (including phenoxy) is 2. The fourth-order valence-electron chi connectivity index (χ4n) is 2.02. The highest BCUT2D eigenvalue weighted by molar-refractivity contribution is 5.02. The Kier molecular flexibility index (Phi) is 5.25. The molecule has 1 fully saturated rings. The molecule has 88 valence electrons. The molecule has 0 aromatic heterocycles. The molecule has 0 radical (unpaired) electrons. The molecule has 4 heteroatoms. The molecule has 1 heterocycles. The third-order valence-corrected chi connectivity index (χ3v) is 2.77. The molecular formula is C11H22N2O2. The second-order valence-electron chi connectivity index (χ2n) is 4.02. The summed E-state index contributed by atoms with van der Waals surface area (Å²) in [5.74, 6) is 0. The lowest BCUT2D eigenvalue weighted by Gasteiger charge is -2.16. The van der Waals surface area contributed by atoms with E-state index in [1.807, 2.05) is 7.05 Å². The molecule has 1 aliphatic rings. The Morgan fingerprint density at radius 1 is 1.33 bits per heavy atom. The molecule has 0 aliphatic carbocycles. The van der Waals surface area contributed by atoms with Crippen molar-refractivity contribution < 1.29 is 9.47 Å². The van der Waals surface area contributed by atoms with Crippen molar-refractivity contribution in [3.63, 3.8) is 0 Å². The average molecular weight is 214 g/mol. The minimum atomic E-state index is 0.192. The van der Waals surface area contributed by atoms with Crippen LogP contribution in [0, 0.1) is 0 Å². The SMILES string of the molecule is C=C(CNC)CN1CC(OC)C(OC)C1. The molecule has 15 heavy (non-hydrogen) atoms. The maximum Gasteiger partial charge on any atom is 0.0971 e. The van der Waals surface area contributed by atoms with E-state index in [0.717, 1.165) is 26.2 Å². The van der Waals surface area contributed by atoms with E-state index in [2.05, 4.69) is 16.8 Å². The van der Waals surface area contributed by atoms with Gasteiger partial charge in [-0.15, -0.1) is 0 Å². The molecule has 4 nitrogen and oxygen atoms in total. The Morgan fingerprint density at radius 2 is 1.87 bits per heavy atom. The summed E-state index contributed by atoms with van der Waals surface area (Å²) in [5, 5.41) is 3.10. The Morgan fingerprint density at radius 3 is 2.27 bits per heavy atom. The van der Waals surface area contributed by atoms with Crippen LogP contribution in [-0.2, 0) is 9.47 Å². The zero-order valence-corrected chi connectivity index (χ0v) is 9.95. The summed E-state index contributed by atoms with van der Waals surface area (Å²) < 4.78 is 10.7. The largest absolute Gasteiger partial charge is 0.377 e. The van der Waals surface area contributed by atoms with E-state index in [9.17, 15) is 0 Å². The molecule has 0 amide bonds. The first kappa shape index (κ1) is 12.6. The maximum atomic E-state index is 5.37. The Hall–Kier alpha value is -0.420.